The van der Waals surface area contributed by atoms with Gasteiger partial charge in [0.1, 0.15) is 9.84 Å². The van der Waals surface area contributed by atoms with Gasteiger partial charge < -0.3 is 4.90 Å². The molecule has 0 aliphatic carbocycles. The molecule has 0 bridgehead atoms. The van der Waals surface area contributed by atoms with E-state index in [1.807, 2.05) is 36.9 Å². The van der Waals surface area contributed by atoms with E-state index in [2.05, 4.69) is 4.90 Å². The normalized spacial score (nSPS) is 16.8. The van der Waals surface area contributed by atoms with Gasteiger partial charge in [0.2, 0.25) is 0 Å². The number of piperazine rings is 1. The van der Waals surface area contributed by atoms with E-state index in [9.17, 15) is 13.2 Å². The second-order valence-corrected chi connectivity index (χ2v) is 8.34. The highest BCUT2D eigenvalue weighted by Crippen LogP contribution is 2.14. The van der Waals surface area contributed by atoms with Crippen LogP contribution in [0.1, 0.15) is 21.5 Å². The molecule has 6 heteroatoms. The van der Waals surface area contributed by atoms with E-state index < -0.39 is 9.84 Å². The Morgan fingerprint density at radius 2 is 1.77 bits per heavy atom. The van der Waals surface area contributed by atoms with Crippen molar-refractivity contribution >= 4 is 15.7 Å². The van der Waals surface area contributed by atoms with Gasteiger partial charge in [0.05, 0.1) is 5.75 Å². The summed E-state index contributed by atoms with van der Waals surface area (Å²) >= 11 is 0. The zero-order chi connectivity index (χ0) is 16.3. The third kappa shape index (κ3) is 4.55. The lowest BCUT2D eigenvalue weighted by Crippen LogP contribution is -2.49. The van der Waals surface area contributed by atoms with Gasteiger partial charge in [-0.1, -0.05) is 17.7 Å². The van der Waals surface area contributed by atoms with Crippen LogP contribution < -0.4 is 0 Å². The standard InChI is InChI=1S/C16H24N2O3S/c1-13-4-5-15(14(2)12-13)16(19)18-8-6-17(7-9-18)10-11-22(3,20)21/h4-5,12H,6-11H2,1-3H3. The van der Waals surface area contributed by atoms with Crippen LogP contribution in [0, 0.1) is 13.8 Å². The summed E-state index contributed by atoms with van der Waals surface area (Å²) < 4.78 is 22.4. The third-order valence-electron chi connectivity index (χ3n) is 4.05. The lowest BCUT2D eigenvalue weighted by Gasteiger charge is -2.34. The number of carbonyl (C=O) groups excluding carboxylic acids is 1. The van der Waals surface area contributed by atoms with Crippen LogP contribution >= 0.6 is 0 Å². The highest BCUT2D eigenvalue weighted by Gasteiger charge is 2.23. The molecule has 1 aromatic carbocycles. The molecule has 1 fully saturated rings. The van der Waals surface area contributed by atoms with Crippen molar-refractivity contribution in [2.45, 2.75) is 13.8 Å². The zero-order valence-corrected chi connectivity index (χ0v) is 14.3. The Balaban J connectivity index is 1.92. The van der Waals surface area contributed by atoms with Gasteiger partial charge in [0.25, 0.3) is 5.91 Å². The van der Waals surface area contributed by atoms with Crippen molar-refractivity contribution in [2.24, 2.45) is 0 Å². The average Bonchev–Trinajstić information content (AvgIpc) is 2.44. The number of sulfone groups is 1. The minimum atomic E-state index is -2.93. The first kappa shape index (κ1) is 17.0. The summed E-state index contributed by atoms with van der Waals surface area (Å²) in [4.78, 5) is 16.5. The molecule has 0 atom stereocenters. The van der Waals surface area contributed by atoms with Crippen molar-refractivity contribution in [2.75, 3.05) is 44.7 Å². The number of carbonyl (C=O) groups is 1. The van der Waals surface area contributed by atoms with E-state index in [0.717, 1.165) is 29.8 Å². The monoisotopic (exact) mass is 324 g/mol. The topological polar surface area (TPSA) is 57.7 Å². The predicted octanol–water partition coefficient (Wildman–Crippen LogP) is 1.11. The number of benzene rings is 1. The van der Waals surface area contributed by atoms with Gasteiger partial charge >= 0.3 is 0 Å². The molecular weight excluding hydrogens is 300 g/mol. The van der Waals surface area contributed by atoms with Crippen molar-refractivity contribution in [3.8, 4) is 0 Å². The molecule has 0 aromatic heterocycles. The smallest absolute Gasteiger partial charge is 0.254 e. The molecule has 22 heavy (non-hydrogen) atoms. The van der Waals surface area contributed by atoms with Crippen molar-refractivity contribution in [3.63, 3.8) is 0 Å². The molecule has 122 valence electrons. The molecule has 2 rings (SSSR count). The largest absolute Gasteiger partial charge is 0.336 e. The fraction of sp³-hybridized carbons (Fsp3) is 0.562. The number of hydrogen-bond acceptors (Lipinski definition) is 4. The van der Waals surface area contributed by atoms with Crippen LogP contribution in [0.3, 0.4) is 0 Å². The number of nitrogens with zero attached hydrogens (tertiary/aromatic N) is 2. The molecule has 1 aliphatic rings. The Hall–Kier alpha value is -1.40. The fourth-order valence-electron chi connectivity index (χ4n) is 2.69. The summed E-state index contributed by atoms with van der Waals surface area (Å²) in [6.45, 7) is 7.28. The summed E-state index contributed by atoms with van der Waals surface area (Å²) in [7, 11) is -2.93. The third-order valence-corrected chi connectivity index (χ3v) is 4.97. The van der Waals surface area contributed by atoms with Crippen LogP contribution in [0.25, 0.3) is 0 Å². The quantitative estimate of drug-likeness (QED) is 0.832. The Morgan fingerprint density at radius 3 is 2.32 bits per heavy atom. The first-order valence-electron chi connectivity index (χ1n) is 7.53. The minimum absolute atomic E-state index is 0.0697. The van der Waals surface area contributed by atoms with E-state index in [1.54, 1.807) is 0 Å². The number of amides is 1. The maximum Gasteiger partial charge on any atom is 0.254 e. The SMILES string of the molecule is Cc1ccc(C(=O)N2CCN(CCS(C)(=O)=O)CC2)c(C)c1. The Morgan fingerprint density at radius 1 is 1.14 bits per heavy atom. The van der Waals surface area contributed by atoms with E-state index in [-0.39, 0.29) is 11.7 Å². The maximum atomic E-state index is 12.6. The molecule has 1 aromatic rings. The number of rotatable bonds is 4. The van der Waals surface area contributed by atoms with Crippen LogP contribution in [0.2, 0.25) is 0 Å². The number of aryl methyl sites for hydroxylation is 2. The maximum absolute atomic E-state index is 12.6. The summed E-state index contributed by atoms with van der Waals surface area (Å²) in [5.41, 5.74) is 2.92. The van der Waals surface area contributed by atoms with Gasteiger partial charge in [0, 0.05) is 44.5 Å². The van der Waals surface area contributed by atoms with Gasteiger partial charge in [-0.25, -0.2) is 8.42 Å². The van der Waals surface area contributed by atoms with Crippen molar-refractivity contribution in [1.29, 1.82) is 0 Å². The lowest BCUT2D eigenvalue weighted by atomic mass is 10.0. The van der Waals surface area contributed by atoms with Gasteiger partial charge in [-0.2, -0.15) is 0 Å². The summed E-state index contributed by atoms with van der Waals surface area (Å²) in [6, 6.07) is 5.88. The molecule has 0 unspecified atom stereocenters. The van der Waals surface area contributed by atoms with E-state index >= 15 is 0 Å². The highest BCUT2D eigenvalue weighted by atomic mass is 32.2. The van der Waals surface area contributed by atoms with E-state index in [0.29, 0.717) is 19.6 Å². The molecule has 5 nitrogen and oxygen atoms in total. The van der Waals surface area contributed by atoms with Crippen molar-refractivity contribution in [3.05, 3.63) is 34.9 Å². The molecule has 0 N–H and O–H groups in total. The average molecular weight is 324 g/mol. The Labute approximate surface area is 132 Å². The number of hydrogen-bond donors (Lipinski definition) is 0. The summed E-state index contributed by atoms with van der Waals surface area (Å²) in [5.74, 6) is 0.248. The van der Waals surface area contributed by atoms with Crippen LogP contribution in [-0.4, -0.2) is 68.9 Å². The van der Waals surface area contributed by atoms with Gasteiger partial charge in [-0.15, -0.1) is 0 Å². The molecule has 1 aliphatic heterocycles. The molecule has 1 amide bonds. The van der Waals surface area contributed by atoms with E-state index in [4.69, 9.17) is 0 Å². The van der Waals surface area contributed by atoms with Crippen LogP contribution in [0.5, 0.6) is 0 Å². The van der Waals surface area contributed by atoms with Crippen LogP contribution in [0.15, 0.2) is 18.2 Å². The fourth-order valence-corrected chi connectivity index (χ4v) is 3.28. The first-order chi connectivity index (χ1) is 10.3. The van der Waals surface area contributed by atoms with Crippen molar-refractivity contribution in [1.82, 2.24) is 9.80 Å². The molecular formula is C16H24N2O3S. The van der Waals surface area contributed by atoms with Gasteiger partial charge in [-0.05, 0) is 25.5 Å². The van der Waals surface area contributed by atoms with Gasteiger partial charge in [0.15, 0.2) is 0 Å². The molecule has 0 saturated carbocycles. The predicted molar refractivity (Wildman–Crippen MR) is 88.0 cm³/mol. The molecule has 0 spiro atoms. The zero-order valence-electron chi connectivity index (χ0n) is 13.5. The molecule has 1 heterocycles. The lowest BCUT2D eigenvalue weighted by molar-refractivity contribution is 0.0643. The molecule has 0 radical (unpaired) electrons. The van der Waals surface area contributed by atoms with Crippen LogP contribution in [-0.2, 0) is 9.84 Å². The first-order valence-corrected chi connectivity index (χ1v) is 9.59. The van der Waals surface area contributed by atoms with E-state index in [1.165, 1.54) is 6.26 Å². The minimum Gasteiger partial charge on any atom is -0.336 e. The van der Waals surface area contributed by atoms with Crippen molar-refractivity contribution < 1.29 is 13.2 Å². The second-order valence-electron chi connectivity index (χ2n) is 6.08. The Kier molecular flexibility index (Phi) is 5.24. The molecule has 1 saturated heterocycles. The second kappa shape index (κ2) is 6.79. The summed E-state index contributed by atoms with van der Waals surface area (Å²) in [6.07, 6.45) is 1.26. The summed E-state index contributed by atoms with van der Waals surface area (Å²) in [5, 5.41) is 0. The van der Waals surface area contributed by atoms with Gasteiger partial charge in [-0.3, -0.25) is 9.69 Å². The van der Waals surface area contributed by atoms with Crippen LogP contribution in [0.4, 0.5) is 0 Å². The highest BCUT2D eigenvalue weighted by molar-refractivity contribution is 7.90. The Bertz CT molecular complexity index is 647.